The van der Waals surface area contributed by atoms with Crippen LogP contribution in [0.25, 0.3) is 0 Å². The van der Waals surface area contributed by atoms with Crippen molar-refractivity contribution < 1.29 is 8.42 Å². The van der Waals surface area contributed by atoms with Crippen LogP contribution in [0.4, 0.5) is 0 Å². The van der Waals surface area contributed by atoms with E-state index in [9.17, 15) is 8.42 Å². The molecule has 114 valence electrons. The molecule has 0 aromatic heterocycles. The number of hydrogen-bond donors (Lipinski definition) is 1. The van der Waals surface area contributed by atoms with Crippen LogP contribution in [0.3, 0.4) is 0 Å². The van der Waals surface area contributed by atoms with Crippen molar-refractivity contribution in [2.45, 2.75) is 51.9 Å². The highest BCUT2D eigenvalue weighted by atomic mass is 32.2. The molecule has 1 fully saturated rings. The van der Waals surface area contributed by atoms with Crippen molar-refractivity contribution in [2.75, 3.05) is 32.4 Å². The third kappa shape index (κ3) is 6.23. The summed E-state index contributed by atoms with van der Waals surface area (Å²) in [7, 11) is -1.12. The zero-order valence-corrected chi connectivity index (χ0v) is 13.3. The lowest BCUT2D eigenvalue weighted by Gasteiger charge is -2.20. The van der Waals surface area contributed by atoms with Crippen molar-refractivity contribution >= 4 is 10.0 Å². The first-order chi connectivity index (χ1) is 9.10. The van der Waals surface area contributed by atoms with Crippen LogP contribution in [-0.2, 0) is 10.0 Å². The van der Waals surface area contributed by atoms with Gasteiger partial charge in [0.2, 0.25) is 10.0 Å². The second-order valence-corrected chi connectivity index (χ2v) is 7.70. The highest BCUT2D eigenvalue weighted by molar-refractivity contribution is 7.89. The highest BCUT2D eigenvalue weighted by Crippen LogP contribution is 2.23. The molecule has 1 unspecified atom stereocenters. The zero-order valence-electron chi connectivity index (χ0n) is 12.5. The van der Waals surface area contributed by atoms with Gasteiger partial charge in [-0.25, -0.2) is 12.7 Å². The summed E-state index contributed by atoms with van der Waals surface area (Å²) in [6.45, 7) is 4.57. The van der Waals surface area contributed by atoms with Crippen molar-refractivity contribution in [3.05, 3.63) is 0 Å². The SMILES string of the molecule is CCCC1CCCN(S(=O)(=O)CCCCNC)CC1. The first kappa shape index (κ1) is 16.9. The Morgan fingerprint density at radius 2 is 2.00 bits per heavy atom. The lowest BCUT2D eigenvalue weighted by molar-refractivity contribution is 0.399. The van der Waals surface area contributed by atoms with E-state index in [1.54, 1.807) is 4.31 Å². The van der Waals surface area contributed by atoms with Gasteiger partial charge in [0.1, 0.15) is 0 Å². The molecule has 0 radical (unpaired) electrons. The largest absolute Gasteiger partial charge is 0.320 e. The van der Waals surface area contributed by atoms with E-state index in [-0.39, 0.29) is 0 Å². The lowest BCUT2D eigenvalue weighted by Crippen LogP contribution is -2.34. The summed E-state index contributed by atoms with van der Waals surface area (Å²) >= 11 is 0. The Kier molecular flexibility index (Phi) is 7.95. The van der Waals surface area contributed by atoms with Crippen LogP contribution in [-0.4, -0.2) is 45.2 Å². The van der Waals surface area contributed by atoms with E-state index >= 15 is 0 Å². The summed E-state index contributed by atoms with van der Waals surface area (Å²) in [4.78, 5) is 0. The summed E-state index contributed by atoms with van der Waals surface area (Å²) in [5.74, 6) is 1.04. The van der Waals surface area contributed by atoms with Gasteiger partial charge in [0, 0.05) is 13.1 Å². The van der Waals surface area contributed by atoms with Gasteiger partial charge < -0.3 is 5.32 Å². The second kappa shape index (κ2) is 8.93. The molecule has 5 heteroatoms. The first-order valence-electron chi connectivity index (χ1n) is 7.72. The third-order valence-electron chi connectivity index (χ3n) is 3.98. The average Bonchev–Trinajstić information content (AvgIpc) is 2.61. The van der Waals surface area contributed by atoms with E-state index in [0.29, 0.717) is 5.75 Å². The zero-order chi connectivity index (χ0) is 14.1. The molecule has 0 amide bonds. The van der Waals surface area contributed by atoms with Crippen LogP contribution >= 0.6 is 0 Å². The average molecular weight is 290 g/mol. The van der Waals surface area contributed by atoms with E-state index in [0.717, 1.165) is 51.2 Å². The van der Waals surface area contributed by atoms with Crippen LogP contribution in [0.1, 0.15) is 51.9 Å². The Bertz CT molecular complexity index is 330. The number of nitrogens with one attached hydrogen (secondary N) is 1. The van der Waals surface area contributed by atoms with Gasteiger partial charge in [0.15, 0.2) is 0 Å². The van der Waals surface area contributed by atoms with Crippen molar-refractivity contribution in [1.29, 1.82) is 0 Å². The fraction of sp³-hybridized carbons (Fsp3) is 1.00. The Morgan fingerprint density at radius 1 is 1.21 bits per heavy atom. The van der Waals surface area contributed by atoms with E-state index in [1.165, 1.54) is 19.3 Å². The van der Waals surface area contributed by atoms with Crippen LogP contribution in [0, 0.1) is 5.92 Å². The molecule has 4 nitrogen and oxygen atoms in total. The van der Waals surface area contributed by atoms with E-state index < -0.39 is 10.0 Å². The molecule has 0 aliphatic carbocycles. The maximum Gasteiger partial charge on any atom is 0.214 e. The standard InChI is InChI=1S/C14H30N2O2S/c1-3-7-14-8-6-11-16(12-9-14)19(17,18)13-5-4-10-15-2/h14-15H,3-13H2,1-2H3. The smallest absolute Gasteiger partial charge is 0.214 e. The molecule has 0 aromatic rings. The predicted molar refractivity (Wildman–Crippen MR) is 80.8 cm³/mol. The molecule has 1 saturated heterocycles. The molecule has 1 aliphatic rings. The Morgan fingerprint density at radius 3 is 2.68 bits per heavy atom. The van der Waals surface area contributed by atoms with Crippen molar-refractivity contribution in [3.63, 3.8) is 0 Å². The van der Waals surface area contributed by atoms with Gasteiger partial charge in [0.25, 0.3) is 0 Å². The molecule has 0 bridgehead atoms. The maximum atomic E-state index is 12.3. The summed E-state index contributed by atoms with van der Waals surface area (Å²) in [5, 5.41) is 3.05. The second-order valence-electron chi connectivity index (χ2n) is 5.61. The van der Waals surface area contributed by atoms with Crippen molar-refractivity contribution in [3.8, 4) is 0 Å². The summed E-state index contributed by atoms with van der Waals surface area (Å²) < 4.78 is 26.3. The van der Waals surface area contributed by atoms with Crippen LogP contribution in [0.15, 0.2) is 0 Å². The highest BCUT2D eigenvalue weighted by Gasteiger charge is 2.25. The monoisotopic (exact) mass is 290 g/mol. The fourth-order valence-corrected chi connectivity index (χ4v) is 4.45. The first-order valence-corrected chi connectivity index (χ1v) is 9.33. The molecule has 0 saturated carbocycles. The summed E-state index contributed by atoms with van der Waals surface area (Å²) in [6, 6.07) is 0. The molecule has 1 N–H and O–H groups in total. The van der Waals surface area contributed by atoms with Gasteiger partial charge in [-0.05, 0) is 51.6 Å². The number of rotatable bonds is 8. The predicted octanol–water partition coefficient (Wildman–Crippen LogP) is 2.22. The Balaban J connectivity index is 2.40. The molecule has 1 atom stereocenters. The van der Waals surface area contributed by atoms with Crippen LogP contribution < -0.4 is 5.32 Å². The van der Waals surface area contributed by atoms with Gasteiger partial charge in [-0.1, -0.05) is 19.8 Å². The quantitative estimate of drug-likeness (QED) is 0.697. The van der Waals surface area contributed by atoms with Gasteiger partial charge in [-0.3, -0.25) is 0 Å². The Labute approximate surface area is 119 Å². The van der Waals surface area contributed by atoms with E-state index in [2.05, 4.69) is 12.2 Å². The van der Waals surface area contributed by atoms with Crippen molar-refractivity contribution in [2.24, 2.45) is 5.92 Å². The molecular formula is C14H30N2O2S. The summed E-state index contributed by atoms with van der Waals surface area (Å²) in [5.41, 5.74) is 0. The van der Waals surface area contributed by atoms with Gasteiger partial charge in [-0.15, -0.1) is 0 Å². The molecule has 1 rings (SSSR count). The lowest BCUT2D eigenvalue weighted by atomic mass is 9.96. The number of unbranched alkanes of at least 4 members (excludes halogenated alkanes) is 1. The minimum atomic E-state index is -3.02. The molecule has 19 heavy (non-hydrogen) atoms. The van der Waals surface area contributed by atoms with E-state index in [1.807, 2.05) is 7.05 Å². The molecule has 0 aromatic carbocycles. The van der Waals surface area contributed by atoms with Gasteiger partial charge in [0.05, 0.1) is 5.75 Å². The van der Waals surface area contributed by atoms with E-state index in [4.69, 9.17) is 0 Å². The number of nitrogens with zero attached hydrogens (tertiary/aromatic N) is 1. The minimum Gasteiger partial charge on any atom is -0.320 e. The topological polar surface area (TPSA) is 49.4 Å². The summed E-state index contributed by atoms with van der Waals surface area (Å²) in [6.07, 6.45) is 7.42. The maximum absolute atomic E-state index is 12.3. The molecular weight excluding hydrogens is 260 g/mol. The van der Waals surface area contributed by atoms with Crippen LogP contribution in [0.2, 0.25) is 0 Å². The number of hydrogen-bond acceptors (Lipinski definition) is 3. The molecule has 1 heterocycles. The van der Waals surface area contributed by atoms with Crippen LogP contribution in [0.5, 0.6) is 0 Å². The van der Waals surface area contributed by atoms with Crippen molar-refractivity contribution in [1.82, 2.24) is 9.62 Å². The minimum absolute atomic E-state index is 0.313. The Hall–Kier alpha value is -0.130. The van der Waals surface area contributed by atoms with Gasteiger partial charge >= 0.3 is 0 Å². The molecule has 1 aliphatic heterocycles. The fourth-order valence-electron chi connectivity index (χ4n) is 2.83. The molecule has 0 spiro atoms. The number of sulfonamides is 1. The normalized spacial score (nSPS) is 22.3. The third-order valence-corrected chi connectivity index (χ3v) is 5.93. The van der Waals surface area contributed by atoms with Gasteiger partial charge in [-0.2, -0.15) is 0 Å².